The summed E-state index contributed by atoms with van der Waals surface area (Å²) in [6.07, 6.45) is 3.01. The van der Waals surface area contributed by atoms with Gasteiger partial charge < -0.3 is 16.4 Å². The Bertz CT molecular complexity index is 465. The van der Waals surface area contributed by atoms with E-state index >= 15 is 0 Å². The van der Waals surface area contributed by atoms with Crippen molar-refractivity contribution in [3.63, 3.8) is 0 Å². The Morgan fingerprint density at radius 1 is 1.30 bits per heavy atom. The highest BCUT2D eigenvalue weighted by Crippen LogP contribution is 2.33. The van der Waals surface area contributed by atoms with Gasteiger partial charge in [0.1, 0.15) is 0 Å². The van der Waals surface area contributed by atoms with Crippen LogP contribution in [0.1, 0.15) is 25.7 Å². The number of thioether (sulfide) groups is 1. The van der Waals surface area contributed by atoms with Gasteiger partial charge in [-0.05, 0) is 12.8 Å². The molecule has 0 aromatic carbocycles. The molecule has 0 saturated carbocycles. The Kier molecular flexibility index (Phi) is 7.41. The van der Waals surface area contributed by atoms with Gasteiger partial charge in [-0.1, -0.05) is 29.0 Å². The number of carbonyl (C=O) groups excluding carboxylic acids is 3. The number of unbranched alkanes of at least 4 members (excludes halogenated alkanes) is 1. The predicted octanol–water partition coefficient (Wildman–Crippen LogP) is 0.461. The zero-order chi connectivity index (χ0) is 16.8. The van der Waals surface area contributed by atoms with Gasteiger partial charge in [0.2, 0.25) is 11.8 Å². The first-order chi connectivity index (χ1) is 11.1. The molecule has 23 heavy (non-hydrogen) atoms. The van der Waals surface area contributed by atoms with Crippen LogP contribution < -0.4 is 16.4 Å². The SMILES string of the molecule is NCCN(C(=O)CI)C(=O)CCCC[C@@H]1SC[C@@H]2NC(=O)N[C@@H]21. The Balaban J connectivity index is 1.69. The first-order valence-electron chi connectivity index (χ1n) is 7.84. The molecule has 0 aromatic rings. The summed E-state index contributed by atoms with van der Waals surface area (Å²) >= 11 is 3.83. The number of halogens is 1. The van der Waals surface area contributed by atoms with Crippen molar-refractivity contribution < 1.29 is 14.4 Å². The average Bonchev–Trinajstić information content (AvgIpc) is 3.07. The monoisotopic (exact) mass is 454 g/mol. The number of amides is 4. The molecule has 7 nitrogen and oxygen atoms in total. The van der Waals surface area contributed by atoms with Gasteiger partial charge in [-0.25, -0.2) is 4.79 Å². The van der Waals surface area contributed by atoms with Crippen molar-refractivity contribution in [2.24, 2.45) is 5.73 Å². The molecule has 9 heteroatoms. The summed E-state index contributed by atoms with van der Waals surface area (Å²) in [4.78, 5) is 36.5. The van der Waals surface area contributed by atoms with Crippen LogP contribution in [0.2, 0.25) is 0 Å². The van der Waals surface area contributed by atoms with Gasteiger partial charge in [0.15, 0.2) is 0 Å². The number of nitrogens with one attached hydrogen (secondary N) is 2. The highest BCUT2D eigenvalue weighted by atomic mass is 127. The van der Waals surface area contributed by atoms with E-state index in [0.29, 0.717) is 24.8 Å². The first-order valence-corrected chi connectivity index (χ1v) is 10.4. The van der Waals surface area contributed by atoms with E-state index in [0.717, 1.165) is 25.0 Å². The van der Waals surface area contributed by atoms with Gasteiger partial charge >= 0.3 is 6.03 Å². The molecule has 2 rings (SSSR count). The minimum absolute atomic E-state index is 0.0739. The van der Waals surface area contributed by atoms with Gasteiger partial charge in [0.25, 0.3) is 0 Å². The maximum absolute atomic E-state index is 12.1. The number of rotatable bonds is 8. The summed E-state index contributed by atoms with van der Waals surface area (Å²) < 4.78 is 0.290. The van der Waals surface area contributed by atoms with Gasteiger partial charge in [-0.15, -0.1) is 0 Å². The molecule has 0 radical (unpaired) electrons. The van der Waals surface area contributed by atoms with Gasteiger partial charge in [-0.2, -0.15) is 11.8 Å². The number of imide groups is 1. The maximum atomic E-state index is 12.1. The number of urea groups is 1. The summed E-state index contributed by atoms with van der Waals surface area (Å²) in [6, 6.07) is 0.369. The molecular formula is C14H23IN4O3S. The second kappa shape index (κ2) is 9.07. The van der Waals surface area contributed by atoms with Gasteiger partial charge in [0.05, 0.1) is 16.5 Å². The molecule has 4 amide bonds. The van der Waals surface area contributed by atoms with Crippen molar-refractivity contribution in [2.75, 3.05) is 23.3 Å². The minimum atomic E-state index is -0.171. The quantitative estimate of drug-likeness (QED) is 0.214. The Hall–Kier alpha value is -0.550. The molecule has 2 saturated heterocycles. The molecule has 0 aromatic heterocycles. The molecule has 0 spiro atoms. The van der Waals surface area contributed by atoms with Crippen LogP contribution in [0.3, 0.4) is 0 Å². The second-order valence-corrected chi connectivity index (χ2v) is 7.76. The molecule has 0 aliphatic carbocycles. The fourth-order valence-corrected chi connectivity index (χ4v) is 4.94. The Labute approximate surface area is 154 Å². The largest absolute Gasteiger partial charge is 0.332 e. The summed E-state index contributed by atoms with van der Waals surface area (Å²) in [7, 11) is 0. The highest BCUT2D eigenvalue weighted by molar-refractivity contribution is 14.1. The Morgan fingerprint density at radius 2 is 2.09 bits per heavy atom. The van der Waals surface area contributed by atoms with E-state index in [1.807, 2.05) is 34.4 Å². The predicted molar refractivity (Wildman–Crippen MR) is 98.6 cm³/mol. The number of nitrogens with zero attached hydrogens (tertiary/aromatic N) is 1. The third kappa shape index (κ3) is 4.96. The Morgan fingerprint density at radius 3 is 2.78 bits per heavy atom. The van der Waals surface area contributed by atoms with Gasteiger partial charge in [0, 0.05) is 30.5 Å². The van der Waals surface area contributed by atoms with Crippen molar-refractivity contribution >= 4 is 52.2 Å². The van der Waals surface area contributed by atoms with Crippen LogP contribution in [0, 0.1) is 0 Å². The third-order valence-electron chi connectivity index (χ3n) is 4.14. The molecule has 4 N–H and O–H groups in total. The van der Waals surface area contributed by atoms with Crippen molar-refractivity contribution in [2.45, 2.75) is 43.0 Å². The van der Waals surface area contributed by atoms with Crippen LogP contribution in [0.25, 0.3) is 0 Å². The van der Waals surface area contributed by atoms with Gasteiger partial charge in [-0.3, -0.25) is 14.5 Å². The number of hydrogen-bond donors (Lipinski definition) is 3. The number of alkyl halides is 1. The lowest BCUT2D eigenvalue weighted by Gasteiger charge is -2.20. The van der Waals surface area contributed by atoms with Crippen LogP contribution in [-0.4, -0.2) is 63.3 Å². The molecule has 2 heterocycles. The maximum Gasteiger partial charge on any atom is 0.315 e. The zero-order valence-corrected chi connectivity index (χ0v) is 15.9. The summed E-state index contributed by atoms with van der Waals surface area (Å²) in [5.74, 6) is 0.640. The first kappa shape index (κ1) is 18.8. The number of carbonyl (C=O) groups is 3. The lowest BCUT2D eigenvalue weighted by atomic mass is 10.0. The molecule has 0 unspecified atom stereocenters. The average molecular weight is 454 g/mol. The van der Waals surface area contributed by atoms with Crippen molar-refractivity contribution in [3.8, 4) is 0 Å². The van der Waals surface area contributed by atoms with Crippen molar-refractivity contribution in [1.82, 2.24) is 15.5 Å². The molecule has 2 fully saturated rings. The fourth-order valence-electron chi connectivity index (χ4n) is 2.99. The standard InChI is InChI=1S/C14H23IN4O3S/c15-7-12(21)19(6-5-16)11(20)4-2-1-3-10-13-9(8-23-10)17-14(22)18-13/h9-10,13H,1-8,16H2,(H2,17,18,22)/t9-,10-,13-/m0/s1. The van der Waals surface area contributed by atoms with Crippen molar-refractivity contribution in [3.05, 3.63) is 0 Å². The molecule has 130 valence electrons. The fraction of sp³-hybridized carbons (Fsp3) is 0.786. The van der Waals surface area contributed by atoms with Crippen molar-refractivity contribution in [1.29, 1.82) is 0 Å². The van der Waals surface area contributed by atoms with E-state index in [4.69, 9.17) is 5.73 Å². The lowest BCUT2D eigenvalue weighted by molar-refractivity contribution is -0.143. The lowest BCUT2D eigenvalue weighted by Crippen LogP contribution is -2.40. The molecule has 3 atom stereocenters. The smallest absolute Gasteiger partial charge is 0.315 e. The molecule has 2 aliphatic rings. The van der Waals surface area contributed by atoms with E-state index in [1.54, 1.807) is 0 Å². The third-order valence-corrected chi connectivity index (χ3v) is 6.30. The van der Waals surface area contributed by atoms with E-state index in [2.05, 4.69) is 10.6 Å². The zero-order valence-electron chi connectivity index (χ0n) is 12.9. The summed E-state index contributed by atoms with van der Waals surface area (Å²) in [5.41, 5.74) is 5.47. The second-order valence-electron chi connectivity index (χ2n) is 5.73. The van der Waals surface area contributed by atoms with Crippen LogP contribution in [0.4, 0.5) is 4.79 Å². The minimum Gasteiger partial charge on any atom is -0.332 e. The van der Waals surface area contributed by atoms with Crippen LogP contribution >= 0.6 is 34.4 Å². The van der Waals surface area contributed by atoms with E-state index < -0.39 is 0 Å². The van der Waals surface area contributed by atoms with E-state index in [-0.39, 0.29) is 34.4 Å². The summed E-state index contributed by atoms with van der Waals surface area (Å²) in [5, 5.41) is 6.30. The number of fused-ring (bicyclic) bond motifs is 1. The summed E-state index contributed by atoms with van der Waals surface area (Å²) in [6.45, 7) is 0.587. The van der Waals surface area contributed by atoms with E-state index in [1.165, 1.54) is 4.90 Å². The normalized spacial score (nSPS) is 25.7. The number of hydrogen-bond acceptors (Lipinski definition) is 5. The molecule has 2 aliphatic heterocycles. The molecule has 0 bridgehead atoms. The topological polar surface area (TPSA) is 105 Å². The van der Waals surface area contributed by atoms with Crippen LogP contribution in [0.15, 0.2) is 0 Å². The molecular weight excluding hydrogens is 431 g/mol. The van der Waals surface area contributed by atoms with Crippen LogP contribution in [0.5, 0.6) is 0 Å². The van der Waals surface area contributed by atoms with Crippen LogP contribution in [-0.2, 0) is 9.59 Å². The number of nitrogens with two attached hydrogens (primary N) is 1. The highest BCUT2D eigenvalue weighted by Gasteiger charge is 2.42. The van der Waals surface area contributed by atoms with E-state index in [9.17, 15) is 14.4 Å².